The fourth-order valence-corrected chi connectivity index (χ4v) is 3.39. The Hall–Kier alpha value is -3.25. The Morgan fingerprint density at radius 1 is 1.03 bits per heavy atom. The maximum Gasteiger partial charge on any atom is 0.335 e. The van der Waals surface area contributed by atoms with Gasteiger partial charge in [0.05, 0.1) is 24.1 Å². The van der Waals surface area contributed by atoms with Gasteiger partial charge >= 0.3 is 5.97 Å². The molecule has 2 heterocycles. The first kappa shape index (κ1) is 21.5. The molecule has 0 fully saturated rings. The molecule has 3 rings (SSSR count). The third-order valence-electron chi connectivity index (χ3n) is 4.86. The van der Waals surface area contributed by atoms with E-state index in [1.165, 1.54) is 11.1 Å². The predicted molar refractivity (Wildman–Crippen MR) is 116 cm³/mol. The Kier molecular flexibility index (Phi) is 7.51. The number of nitrogens with one attached hydrogen (secondary N) is 1. The highest BCUT2D eigenvalue weighted by Gasteiger charge is 2.09. The summed E-state index contributed by atoms with van der Waals surface area (Å²) in [6, 6.07) is 17.6. The van der Waals surface area contributed by atoms with Crippen LogP contribution in [0.15, 0.2) is 54.6 Å². The van der Waals surface area contributed by atoms with Crippen molar-refractivity contribution in [2.75, 3.05) is 7.11 Å². The third-order valence-corrected chi connectivity index (χ3v) is 4.86. The molecule has 3 aromatic rings. The second-order valence-electron chi connectivity index (χ2n) is 7.20. The van der Waals surface area contributed by atoms with Crippen LogP contribution < -0.4 is 10.1 Å². The van der Waals surface area contributed by atoms with Crippen LogP contribution in [-0.2, 0) is 25.9 Å². The van der Waals surface area contributed by atoms with Gasteiger partial charge in [-0.1, -0.05) is 36.4 Å². The van der Waals surface area contributed by atoms with Crippen LogP contribution in [0.3, 0.4) is 0 Å². The zero-order valence-corrected chi connectivity index (χ0v) is 17.4. The van der Waals surface area contributed by atoms with Gasteiger partial charge in [0.2, 0.25) is 5.88 Å². The average molecular weight is 405 g/mol. The molecule has 0 aliphatic heterocycles. The number of methoxy groups -OCH3 is 1. The summed E-state index contributed by atoms with van der Waals surface area (Å²) in [7, 11) is 1.61. The third kappa shape index (κ3) is 6.12. The zero-order valence-electron chi connectivity index (χ0n) is 17.4. The summed E-state index contributed by atoms with van der Waals surface area (Å²) >= 11 is 0. The van der Waals surface area contributed by atoms with E-state index in [0.717, 1.165) is 25.0 Å². The van der Waals surface area contributed by atoms with Crippen molar-refractivity contribution in [1.82, 2.24) is 15.3 Å². The molecule has 2 N–H and O–H groups in total. The summed E-state index contributed by atoms with van der Waals surface area (Å²) in [6.45, 7) is 2.81. The molecule has 6 nitrogen and oxygen atoms in total. The number of aryl methyl sites for hydroxylation is 3. The van der Waals surface area contributed by atoms with E-state index in [1.54, 1.807) is 26.2 Å². The Bertz CT molecular complexity index is 990. The van der Waals surface area contributed by atoms with Gasteiger partial charge < -0.3 is 15.2 Å². The Balaban J connectivity index is 1.63. The molecule has 0 unspecified atom stereocenters. The van der Waals surface area contributed by atoms with Crippen LogP contribution in [-0.4, -0.2) is 28.2 Å². The molecule has 0 spiro atoms. The highest BCUT2D eigenvalue weighted by Crippen LogP contribution is 2.16. The number of aromatic carboxylic acids is 1. The van der Waals surface area contributed by atoms with Gasteiger partial charge in [0.15, 0.2) is 0 Å². The molecule has 0 saturated carbocycles. The first-order valence-electron chi connectivity index (χ1n) is 10.0. The summed E-state index contributed by atoms with van der Waals surface area (Å²) in [5.74, 6) is -0.364. The van der Waals surface area contributed by atoms with E-state index < -0.39 is 5.97 Å². The van der Waals surface area contributed by atoms with E-state index in [0.29, 0.717) is 30.4 Å². The minimum Gasteiger partial charge on any atom is -0.481 e. The fourth-order valence-electron chi connectivity index (χ4n) is 3.39. The van der Waals surface area contributed by atoms with Crippen molar-refractivity contribution in [2.24, 2.45) is 0 Å². The second kappa shape index (κ2) is 10.5. The number of carbonyl (C=O) groups is 1. The number of carboxylic acid groups (broad SMARTS) is 1. The molecule has 0 aliphatic rings. The minimum atomic E-state index is -0.947. The number of hydrogen-bond acceptors (Lipinski definition) is 5. The van der Waals surface area contributed by atoms with Crippen molar-refractivity contribution in [3.8, 4) is 5.88 Å². The highest BCUT2D eigenvalue weighted by molar-refractivity contribution is 5.87. The number of pyridine rings is 2. The normalized spacial score (nSPS) is 10.7. The molecule has 0 aliphatic carbocycles. The van der Waals surface area contributed by atoms with Gasteiger partial charge in [-0.15, -0.1) is 0 Å². The molecular weight excluding hydrogens is 378 g/mol. The van der Waals surface area contributed by atoms with Crippen LogP contribution in [0.1, 0.15) is 45.0 Å². The van der Waals surface area contributed by atoms with Crippen LogP contribution in [0.5, 0.6) is 5.88 Å². The Morgan fingerprint density at radius 3 is 2.57 bits per heavy atom. The van der Waals surface area contributed by atoms with Crippen molar-refractivity contribution < 1.29 is 14.6 Å². The molecule has 156 valence electrons. The average Bonchev–Trinajstić information content (AvgIpc) is 2.75. The van der Waals surface area contributed by atoms with Gasteiger partial charge in [-0.05, 0) is 49.4 Å². The lowest BCUT2D eigenvalue weighted by atomic mass is 10.0. The quantitative estimate of drug-likeness (QED) is 0.531. The fraction of sp³-hybridized carbons (Fsp3) is 0.292. The number of aromatic nitrogens is 2. The van der Waals surface area contributed by atoms with Gasteiger partial charge in [-0.3, -0.25) is 4.98 Å². The molecule has 0 amide bonds. The number of carboxylic acids is 1. The predicted octanol–water partition coefficient (Wildman–Crippen LogP) is 3.96. The van der Waals surface area contributed by atoms with Crippen LogP contribution in [0.4, 0.5) is 0 Å². The molecule has 30 heavy (non-hydrogen) atoms. The molecule has 6 heteroatoms. The largest absolute Gasteiger partial charge is 0.481 e. The Morgan fingerprint density at radius 2 is 1.83 bits per heavy atom. The number of hydrogen-bond donors (Lipinski definition) is 2. The molecular formula is C24H27N3O3. The first-order chi connectivity index (χ1) is 14.5. The van der Waals surface area contributed by atoms with Crippen molar-refractivity contribution in [2.45, 2.75) is 39.3 Å². The monoisotopic (exact) mass is 405 g/mol. The molecule has 0 saturated heterocycles. The summed E-state index contributed by atoms with van der Waals surface area (Å²) in [5.41, 5.74) is 5.09. The van der Waals surface area contributed by atoms with Crippen molar-refractivity contribution in [3.05, 3.63) is 88.4 Å². The smallest absolute Gasteiger partial charge is 0.335 e. The van der Waals surface area contributed by atoms with Crippen LogP contribution >= 0.6 is 0 Å². The highest BCUT2D eigenvalue weighted by atomic mass is 16.5. The Labute approximate surface area is 177 Å². The maximum atomic E-state index is 11.2. The van der Waals surface area contributed by atoms with Crippen LogP contribution in [0.25, 0.3) is 0 Å². The standard InChI is InChI=1S/C24H27N3O3/c1-17-13-20(24(28)29)14-21(26-17)15-25-16-22-19(11-12-23(27-22)30-2)10-6-9-18-7-4-3-5-8-18/h3-5,7-8,11-14,25H,6,9-10,15-16H2,1-2H3,(H,28,29). The van der Waals surface area contributed by atoms with Crippen molar-refractivity contribution in [1.29, 1.82) is 0 Å². The number of benzene rings is 1. The molecule has 2 aromatic heterocycles. The number of ether oxygens (including phenoxy) is 1. The summed E-state index contributed by atoms with van der Waals surface area (Å²) in [4.78, 5) is 20.3. The van der Waals surface area contributed by atoms with Gasteiger partial charge in [-0.25, -0.2) is 9.78 Å². The molecule has 0 radical (unpaired) electrons. The lowest BCUT2D eigenvalue weighted by Gasteiger charge is -2.12. The first-order valence-corrected chi connectivity index (χ1v) is 10.0. The van der Waals surface area contributed by atoms with Crippen LogP contribution in [0.2, 0.25) is 0 Å². The SMILES string of the molecule is COc1ccc(CCCc2ccccc2)c(CNCc2cc(C(=O)O)cc(C)n2)n1. The summed E-state index contributed by atoms with van der Waals surface area (Å²) in [5, 5.41) is 12.6. The van der Waals surface area contributed by atoms with Gasteiger partial charge in [-0.2, -0.15) is 0 Å². The van der Waals surface area contributed by atoms with Crippen LogP contribution in [0, 0.1) is 6.92 Å². The second-order valence-corrected chi connectivity index (χ2v) is 7.20. The zero-order chi connectivity index (χ0) is 21.3. The van der Waals surface area contributed by atoms with Gasteiger partial charge in [0.25, 0.3) is 0 Å². The van der Waals surface area contributed by atoms with E-state index >= 15 is 0 Å². The molecule has 0 bridgehead atoms. The molecule has 1 aromatic carbocycles. The van der Waals surface area contributed by atoms with E-state index in [1.807, 2.05) is 12.1 Å². The minimum absolute atomic E-state index is 0.250. The summed E-state index contributed by atoms with van der Waals surface area (Å²) in [6.07, 6.45) is 2.98. The van der Waals surface area contributed by atoms with Crippen molar-refractivity contribution >= 4 is 5.97 Å². The number of nitrogens with zero attached hydrogens (tertiary/aromatic N) is 2. The van der Waals surface area contributed by atoms with E-state index in [4.69, 9.17) is 4.74 Å². The summed E-state index contributed by atoms with van der Waals surface area (Å²) < 4.78 is 5.29. The molecule has 0 atom stereocenters. The number of rotatable bonds is 10. The topological polar surface area (TPSA) is 84.3 Å². The van der Waals surface area contributed by atoms with E-state index in [9.17, 15) is 9.90 Å². The lowest BCUT2D eigenvalue weighted by molar-refractivity contribution is 0.0696. The van der Waals surface area contributed by atoms with E-state index in [-0.39, 0.29) is 5.56 Å². The van der Waals surface area contributed by atoms with Gasteiger partial charge in [0, 0.05) is 24.8 Å². The van der Waals surface area contributed by atoms with Crippen molar-refractivity contribution in [3.63, 3.8) is 0 Å². The van der Waals surface area contributed by atoms with E-state index in [2.05, 4.69) is 45.6 Å². The maximum absolute atomic E-state index is 11.2. The lowest BCUT2D eigenvalue weighted by Crippen LogP contribution is -2.17. The van der Waals surface area contributed by atoms with Gasteiger partial charge in [0.1, 0.15) is 0 Å².